The molecule has 1 N–H and O–H groups in total. The number of hydrogen-bond acceptors (Lipinski definition) is 4. The van der Waals surface area contributed by atoms with Gasteiger partial charge in [0.25, 0.3) is 0 Å². The molecule has 1 aliphatic rings. The second-order valence-corrected chi connectivity index (χ2v) is 15.6. The Morgan fingerprint density at radius 2 is 1.97 bits per heavy atom. The minimum absolute atomic E-state index is 0.0859. The Bertz CT molecular complexity index is 772. The highest BCUT2D eigenvalue weighted by atomic mass is 35.5. The maximum absolute atomic E-state index is 10.5. The van der Waals surface area contributed by atoms with E-state index in [1.807, 2.05) is 24.3 Å². The van der Waals surface area contributed by atoms with E-state index in [1.165, 1.54) is 0 Å². The number of halogens is 1. The van der Waals surface area contributed by atoms with Crippen molar-refractivity contribution in [2.75, 3.05) is 13.2 Å². The lowest BCUT2D eigenvalue weighted by Crippen LogP contribution is -2.45. The lowest BCUT2D eigenvalue weighted by molar-refractivity contribution is 0.106. The molecule has 1 heterocycles. The van der Waals surface area contributed by atoms with Gasteiger partial charge in [-0.15, -0.1) is 0 Å². The van der Waals surface area contributed by atoms with Crippen LogP contribution in [0, 0.1) is 5.92 Å². The van der Waals surface area contributed by atoms with E-state index in [2.05, 4.69) is 65.1 Å². The summed E-state index contributed by atoms with van der Waals surface area (Å²) < 4.78 is 18.6. The molecule has 186 valence electrons. The van der Waals surface area contributed by atoms with Crippen LogP contribution in [-0.2, 0) is 9.16 Å². The molecule has 0 amide bonds. The van der Waals surface area contributed by atoms with Crippen molar-refractivity contribution in [2.24, 2.45) is 5.92 Å². The molecule has 0 aromatic heterocycles. The van der Waals surface area contributed by atoms with Crippen molar-refractivity contribution in [2.45, 2.75) is 89.8 Å². The number of hydrogen-bond donors (Lipinski definition) is 1. The maximum Gasteiger partial charge on any atom is 0.193 e. The summed E-state index contributed by atoms with van der Waals surface area (Å²) in [7, 11) is -2.01. The van der Waals surface area contributed by atoms with Gasteiger partial charge < -0.3 is 19.0 Å². The van der Waals surface area contributed by atoms with Gasteiger partial charge in [-0.3, -0.25) is 0 Å². The summed E-state index contributed by atoms with van der Waals surface area (Å²) in [5, 5.41) is 11.2. The molecule has 33 heavy (non-hydrogen) atoms. The zero-order valence-corrected chi connectivity index (χ0v) is 23.0. The molecule has 1 aromatic carbocycles. The Morgan fingerprint density at radius 1 is 1.24 bits per heavy atom. The van der Waals surface area contributed by atoms with E-state index in [4.69, 9.17) is 25.5 Å². The molecule has 1 aliphatic heterocycles. The summed E-state index contributed by atoms with van der Waals surface area (Å²) >= 11 is 6.11. The van der Waals surface area contributed by atoms with Gasteiger partial charge in [0.05, 0.1) is 24.9 Å². The fourth-order valence-corrected chi connectivity index (χ4v) is 5.01. The minimum atomic E-state index is -2.01. The largest absolute Gasteiger partial charge is 0.491 e. The monoisotopic (exact) mass is 494 g/mol. The van der Waals surface area contributed by atoms with Crippen LogP contribution in [0.3, 0.4) is 0 Å². The highest BCUT2D eigenvalue weighted by Crippen LogP contribution is 2.37. The Balaban J connectivity index is 2.09. The van der Waals surface area contributed by atoms with Crippen molar-refractivity contribution in [3.8, 4) is 5.75 Å². The molecular weight excluding hydrogens is 452 g/mol. The lowest BCUT2D eigenvalue weighted by atomic mass is 9.93. The quantitative estimate of drug-likeness (QED) is 0.247. The van der Waals surface area contributed by atoms with Crippen LogP contribution in [-0.4, -0.2) is 44.9 Å². The van der Waals surface area contributed by atoms with Gasteiger partial charge in [-0.05, 0) is 55.6 Å². The number of unbranched alkanes of at least 4 members (excludes halogenated alkanes) is 1. The number of rotatable bonds is 12. The highest BCUT2D eigenvalue weighted by Gasteiger charge is 2.39. The molecule has 0 spiro atoms. The van der Waals surface area contributed by atoms with Crippen LogP contribution in [0.25, 0.3) is 0 Å². The van der Waals surface area contributed by atoms with Crippen molar-refractivity contribution < 1.29 is 19.0 Å². The van der Waals surface area contributed by atoms with E-state index in [0.29, 0.717) is 18.2 Å². The first kappa shape index (κ1) is 28.1. The zero-order valence-electron chi connectivity index (χ0n) is 21.2. The van der Waals surface area contributed by atoms with E-state index < -0.39 is 14.4 Å². The first-order valence-corrected chi connectivity index (χ1v) is 15.5. The first-order chi connectivity index (χ1) is 15.5. The molecule has 3 unspecified atom stereocenters. The van der Waals surface area contributed by atoms with E-state index in [-0.39, 0.29) is 23.2 Å². The molecule has 0 saturated carbocycles. The predicted octanol–water partition coefficient (Wildman–Crippen LogP) is 7.18. The summed E-state index contributed by atoms with van der Waals surface area (Å²) in [6.07, 6.45) is 11.9. The normalized spacial score (nSPS) is 23.0. The number of benzene rings is 1. The standard InChI is InChI=1S/C27H43ClO4Si/c1-7-8-9-10-11-15-24-25(29)20-31-26(24)17-16-23(32-33(5,6)27(2,3)4)19-30-22-14-12-13-21(28)18-22/h9-10,12-14,16-18,23-26,29H,7-8,11,15,19-20H2,1-6H3/b10-9-,17-16+/t23?,24?,25?,26-/m1/s1. The SMILES string of the molecule is CCC/C=C\CCC1C(O)CO[C@@H]1/C=C/C(COc1cccc(Cl)c1)O[Si](C)(C)C(C)(C)C. The topological polar surface area (TPSA) is 47.9 Å². The van der Waals surface area contributed by atoms with Crippen molar-refractivity contribution in [3.05, 3.63) is 53.6 Å². The lowest BCUT2D eigenvalue weighted by Gasteiger charge is -2.38. The molecule has 1 fully saturated rings. The average molecular weight is 495 g/mol. The smallest absolute Gasteiger partial charge is 0.193 e. The van der Waals surface area contributed by atoms with Crippen LogP contribution < -0.4 is 4.74 Å². The third-order valence-corrected chi connectivity index (χ3v) is 11.4. The van der Waals surface area contributed by atoms with Gasteiger partial charge >= 0.3 is 0 Å². The molecule has 1 aromatic rings. The van der Waals surface area contributed by atoms with E-state index >= 15 is 0 Å². The Morgan fingerprint density at radius 3 is 2.64 bits per heavy atom. The molecule has 6 heteroatoms. The fraction of sp³-hybridized carbons (Fsp3) is 0.630. The third kappa shape index (κ3) is 9.21. The minimum Gasteiger partial charge on any atom is -0.491 e. The third-order valence-electron chi connectivity index (χ3n) is 6.64. The first-order valence-electron chi connectivity index (χ1n) is 12.2. The number of allylic oxidation sites excluding steroid dienone is 2. The molecular formula is C27H43ClO4Si. The zero-order chi connectivity index (χ0) is 24.5. The highest BCUT2D eigenvalue weighted by molar-refractivity contribution is 6.74. The summed E-state index contributed by atoms with van der Waals surface area (Å²) in [6, 6.07) is 7.42. The number of aliphatic hydroxyl groups is 1. The Hall–Kier alpha value is -1.11. The van der Waals surface area contributed by atoms with Gasteiger partial charge in [0.15, 0.2) is 8.32 Å². The van der Waals surface area contributed by atoms with Crippen molar-refractivity contribution in [1.29, 1.82) is 0 Å². The van der Waals surface area contributed by atoms with E-state index in [9.17, 15) is 5.11 Å². The van der Waals surface area contributed by atoms with Gasteiger partial charge in [-0.2, -0.15) is 0 Å². The Labute approximate surface area is 207 Å². The molecule has 1 saturated heterocycles. The number of ether oxygens (including phenoxy) is 2. The molecule has 2 rings (SSSR count). The molecule has 0 bridgehead atoms. The van der Waals surface area contributed by atoms with Crippen LogP contribution in [0.5, 0.6) is 5.75 Å². The van der Waals surface area contributed by atoms with Crippen molar-refractivity contribution in [1.82, 2.24) is 0 Å². The summed E-state index contributed by atoms with van der Waals surface area (Å²) in [5.41, 5.74) is 0. The van der Waals surface area contributed by atoms with Crippen molar-refractivity contribution in [3.63, 3.8) is 0 Å². The van der Waals surface area contributed by atoms with E-state index in [1.54, 1.807) is 0 Å². The van der Waals surface area contributed by atoms with Gasteiger partial charge in [-0.1, -0.05) is 76.1 Å². The van der Waals surface area contributed by atoms with Crippen LogP contribution in [0.4, 0.5) is 0 Å². The Kier molecular flexibility index (Phi) is 11.2. The van der Waals surface area contributed by atoms with E-state index in [0.717, 1.165) is 31.4 Å². The molecule has 0 radical (unpaired) electrons. The second-order valence-electron chi connectivity index (χ2n) is 10.4. The summed E-state index contributed by atoms with van der Waals surface area (Å²) in [5.74, 6) is 0.818. The van der Waals surface area contributed by atoms with Gasteiger partial charge in [0.2, 0.25) is 0 Å². The summed E-state index contributed by atoms with van der Waals surface area (Å²) in [6.45, 7) is 14.1. The molecule has 4 nitrogen and oxygen atoms in total. The molecule has 4 atom stereocenters. The average Bonchev–Trinajstić information content (AvgIpc) is 3.08. The summed E-state index contributed by atoms with van der Waals surface area (Å²) in [4.78, 5) is 0. The fourth-order valence-electron chi connectivity index (χ4n) is 3.57. The van der Waals surface area contributed by atoms with Gasteiger partial charge in [0, 0.05) is 10.9 Å². The molecule has 0 aliphatic carbocycles. The second kappa shape index (κ2) is 13.1. The van der Waals surface area contributed by atoms with Crippen LogP contribution in [0.1, 0.15) is 53.4 Å². The predicted molar refractivity (Wildman–Crippen MR) is 141 cm³/mol. The van der Waals surface area contributed by atoms with Crippen molar-refractivity contribution >= 4 is 19.9 Å². The van der Waals surface area contributed by atoms with Gasteiger partial charge in [-0.25, -0.2) is 0 Å². The van der Waals surface area contributed by atoms with Gasteiger partial charge in [0.1, 0.15) is 12.4 Å². The van der Waals surface area contributed by atoms with Crippen LogP contribution in [0.15, 0.2) is 48.6 Å². The van der Waals surface area contributed by atoms with Crippen LogP contribution in [0.2, 0.25) is 23.2 Å². The maximum atomic E-state index is 10.5. The van der Waals surface area contributed by atoms with Crippen LogP contribution >= 0.6 is 11.6 Å². The number of aliphatic hydroxyl groups excluding tert-OH is 1.